The second-order valence-corrected chi connectivity index (χ2v) is 7.22. The summed E-state index contributed by atoms with van der Waals surface area (Å²) in [6.07, 6.45) is 1.28. The van der Waals surface area contributed by atoms with Crippen LogP contribution in [0.5, 0.6) is 0 Å². The van der Waals surface area contributed by atoms with Crippen molar-refractivity contribution in [2.75, 3.05) is 12.0 Å². The average Bonchev–Trinajstić information content (AvgIpc) is 2.69. The van der Waals surface area contributed by atoms with Crippen LogP contribution in [0.2, 0.25) is 10.0 Å². The van der Waals surface area contributed by atoms with Gasteiger partial charge in [-0.25, -0.2) is 9.59 Å². The van der Waals surface area contributed by atoms with Gasteiger partial charge in [0.2, 0.25) is 0 Å². The zero-order chi connectivity index (χ0) is 20.3. The number of anilines is 1. The van der Waals surface area contributed by atoms with Crippen LogP contribution in [0.4, 0.5) is 10.5 Å². The van der Waals surface area contributed by atoms with Crippen LogP contribution in [0.15, 0.2) is 59.8 Å². The molecule has 2 aromatic rings. The van der Waals surface area contributed by atoms with Gasteiger partial charge in [-0.2, -0.15) is 0 Å². The largest absolute Gasteiger partial charge is 0.466 e. The Bertz CT molecular complexity index is 908. The molecule has 0 radical (unpaired) electrons. The van der Waals surface area contributed by atoms with Gasteiger partial charge in [-0.3, -0.25) is 4.90 Å². The molecule has 1 N–H and O–H groups in total. The molecule has 1 aliphatic rings. The summed E-state index contributed by atoms with van der Waals surface area (Å²) in [5.41, 5.74) is 2.39. The number of hydrogen-bond acceptors (Lipinski definition) is 3. The lowest BCUT2D eigenvalue weighted by molar-refractivity contribution is -0.136. The highest BCUT2D eigenvalue weighted by Gasteiger charge is 2.38. The van der Waals surface area contributed by atoms with E-state index in [9.17, 15) is 9.59 Å². The molecule has 0 spiro atoms. The fourth-order valence-electron chi connectivity index (χ4n) is 3.27. The minimum Gasteiger partial charge on any atom is -0.466 e. The predicted molar refractivity (Wildman–Crippen MR) is 111 cm³/mol. The maximum atomic E-state index is 13.0. The summed E-state index contributed by atoms with van der Waals surface area (Å²) in [5, 5.41) is 4.06. The molecule has 28 heavy (non-hydrogen) atoms. The smallest absolute Gasteiger partial charge is 0.338 e. The number of amides is 2. The van der Waals surface area contributed by atoms with Crippen LogP contribution < -0.4 is 10.2 Å². The van der Waals surface area contributed by atoms with Crippen LogP contribution in [-0.4, -0.2) is 19.1 Å². The molecule has 0 saturated heterocycles. The van der Waals surface area contributed by atoms with Crippen molar-refractivity contribution in [2.45, 2.75) is 25.8 Å². The fraction of sp³-hybridized carbons (Fsp3) is 0.238. The zero-order valence-electron chi connectivity index (χ0n) is 15.5. The molecule has 0 fully saturated rings. The molecule has 146 valence electrons. The van der Waals surface area contributed by atoms with Crippen molar-refractivity contribution in [1.82, 2.24) is 5.32 Å². The molecule has 1 aliphatic heterocycles. The Hall–Kier alpha value is -2.50. The van der Waals surface area contributed by atoms with E-state index in [0.717, 1.165) is 12.0 Å². The normalized spacial score (nSPS) is 16.8. The van der Waals surface area contributed by atoms with Crippen LogP contribution in [0, 0.1) is 0 Å². The Kier molecular flexibility index (Phi) is 6.27. The summed E-state index contributed by atoms with van der Waals surface area (Å²) in [5.74, 6) is -0.484. The van der Waals surface area contributed by atoms with Gasteiger partial charge in [0.1, 0.15) is 0 Å². The summed E-state index contributed by atoms with van der Waals surface area (Å²) in [6.45, 7) is 1.99. The van der Waals surface area contributed by atoms with Gasteiger partial charge in [0, 0.05) is 15.7 Å². The van der Waals surface area contributed by atoms with Crippen molar-refractivity contribution in [2.24, 2.45) is 0 Å². The fourth-order valence-corrected chi connectivity index (χ4v) is 3.52. The van der Waals surface area contributed by atoms with Crippen LogP contribution >= 0.6 is 23.2 Å². The number of nitrogens with one attached hydrogen (secondary N) is 1. The van der Waals surface area contributed by atoms with E-state index in [4.69, 9.17) is 27.9 Å². The molecule has 0 aliphatic carbocycles. The van der Waals surface area contributed by atoms with E-state index in [-0.39, 0.29) is 6.03 Å². The maximum Gasteiger partial charge on any atom is 0.338 e. The second-order valence-electron chi connectivity index (χ2n) is 6.35. The third-order valence-electron chi connectivity index (χ3n) is 4.52. The van der Waals surface area contributed by atoms with Gasteiger partial charge in [0.05, 0.1) is 24.4 Å². The molecule has 1 heterocycles. The molecule has 0 saturated carbocycles. The van der Waals surface area contributed by atoms with Crippen molar-refractivity contribution in [3.8, 4) is 0 Å². The Balaban J connectivity index is 2.18. The molecular formula is C21H20Cl2N2O3. The number of hydrogen-bond donors (Lipinski definition) is 1. The zero-order valence-corrected chi connectivity index (χ0v) is 17.1. The molecule has 5 nitrogen and oxygen atoms in total. The minimum atomic E-state index is -0.623. The van der Waals surface area contributed by atoms with Crippen LogP contribution in [0.25, 0.3) is 0 Å². The number of nitrogens with zero attached hydrogens (tertiary/aromatic N) is 1. The van der Waals surface area contributed by atoms with Gasteiger partial charge in [-0.05, 0) is 48.4 Å². The number of ether oxygens (including phenoxy) is 1. The highest BCUT2D eigenvalue weighted by Crippen LogP contribution is 2.36. The van der Waals surface area contributed by atoms with Crippen LogP contribution in [0.1, 0.15) is 31.4 Å². The molecule has 1 atom stereocenters. The van der Waals surface area contributed by atoms with Crippen molar-refractivity contribution in [1.29, 1.82) is 0 Å². The van der Waals surface area contributed by atoms with Crippen molar-refractivity contribution in [3.63, 3.8) is 0 Å². The predicted octanol–water partition coefficient (Wildman–Crippen LogP) is 5.49. The van der Waals surface area contributed by atoms with Gasteiger partial charge >= 0.3 is 12.0 Å². The molecule has 0 bridgehead atoms. The van der Waals surface area contributed by atoms with E-state index in [1.807, 2.05) is 6.92 Å². The highest BCUT2D eigenvalue weighted by atomic mass is 35.5. The number of benzene rings is 2. The first-order valence-electron chi connectivity index (χ1n) is 8.89. The standard InChI is InChI=1S/C21H20Cl2N2O3/c1-3-4-17-18(20(26)28-2)19(13-5-7-14(22)8-6-13)24-21(27)25(17)16-11-9-15(23)10-12-16/h5-12,19H,3-4H2,1-2H3,(H,24,27)/t19-/m0/s1. The van der Waals surface area contributed by atoms with Gasteiger partial charge < -0.3 is 10.1 Å². The molecule has 2 amide bonds. The number of carbonyl (C=O) groups is 2. The highest BCUT2D eigenvalue weighted by molar-refractivity contribution is 6.30. The number of halogens is 2. The van der Waals surface area contributed by atoms with E-state index < -0.39 is 12.0 Å². The lowest BCUT2D eigenvalue weighted by Crippen LogP contribution is -2.48. The SMILES string of the molecule is CCCC1=C(C(=O)OC)[C@H](c2ccc(Cl)cc2)NC(=O)N1c1ccc(Cl)cc1. The number of rotatable bonds is 5. The number of carbonyl (C=O) groups excluding carboxylic acids is 2. The molecule has 0 aromatic heterocycles. The number of methoxy groups -OCH3 is 1. The molecule has 3 rings (SSSR count). The molecule has 7 heteroatoms. The lowest BCUT2D eigenvalue weighted by Gasteiger charge is -2.36. The summed E-state index contributed by atoms with van der Waals surface area (Å²) >= 11 is 12.0. The second kappa shape index (κ2) is 8.67. The van der Waals surface area contributed by atoms with Crippen LogP contribution in [-0.2, 0) is 9.53 Å². The first kappa shape index (κ1) is 20.2. The topological polar surface area (TPSA) is 58.6 Å². The summed E-state index contributed by atoms with van der Waals surface area (Å²) < 4.78 is 5.06. The monoisotopic (exact) mass is 418 g/mol. The first-order chi connectivity index (χ1) is 13.5. The molecular weight excluding hydrogens is 399 g/mol. The van der Waals surface area contributed by atoms with Gasteiger partial charge in [0.25, 0.3) is 0 Å². The Morgan fingerprint density at radius 3 is 2.18 bits per heavy atom. The number of urea groups is 1. The van der Waals surface area contributed by atoms with Crippen LogP contribution in [0.3, 0.4) is 0 Å². The van der Waals surface area contributed by atoms with Gasteiger partial charge in [0.15, 0.2) is 0 Å². The van der Waals surface area contributed by atoms with Gasteiger partial charge in [-0.1, -0.05) is 48.7 Å². The summed E-state index contributed by atoms with van der Waals surface area (Å²) in [6, 6.07) is 13.0. The maximum absolute atomic E-state index is 13.0. The quantitative estimate of drug-likeness (QED) is 0.652. The Morgan fingerprint density at radius 1 is 1.07 bits per heavy atom. The number of allylic oxidation sites excluding steroid dienone is 1. The van der Waals surface area contributed by atoms with Crippen molar-refractivity contribution >= 4 is 40.9 Å². The van der Waals surface area contributed by atoms with E-state index >= 15 is 0 Å². The van der Waals surface area contributed by atoms with Crippen molar-refractivity contribution < 1.29 is 14.3 Å². The van der Waals surface area contributed by atoms with E-state index in [1.54, 1.807) is 48.5 Å². The number of esters is 1. The molecule has 0 unspecified atom stereocenters. The van der Waals surface area contributed by atoms with E-state index in [1.165, 1.54) is 12.0 Å². The van der Waals surface area contributed by atoms with E-state index in [2.05, 4.69) is 5.32 Å². The first-order valence-corrected chi connectivity index (χ1v) is 9.64. The Labute approximate surface area is 173 Å². The van der Waals surface area contributed by atoms with E-state index in [0.29, 0.717) is 33.4 Å². The summed E-state index contributed by atoms with van der Waals surface area (Å²) in [7, 11) is 1.33. The minimum absolute atomic E-state index is 0.321. The summed E-state index contributed by atoms with van der Waals surface area (Å²) in [4.78, 5) is 27.3. The Morgan fingerprint density at radius 2 is 1.64 bits per heavy atom. The third kappa shape index (κ3) is 4.01. The third-order valence-corrected chi connectivity index (χ3v) is 5.02. The lowest BCUT2D eigenvalue weighted by atomic mass is 9.92. The van der Waals surface area contributed by atoms with Crippen molar-refractivity contribution in [3.05, 3.63) is 75.4 Å². The average molecular weight is 419 g/mol. The van der Waals surface area contributed by atoms with Gasteiger partial charge in [-0.15, -0.1) is 0 Å². The molecule has 2 aromatic carbocycles.